The van der Waals surface area contributed by atoms with Crippen molar-refractivity contribution in [3.05, 3.63) is 106 Å². The molecule has 0 aromatic heterocycles. The maximum absolute atomic E-state index is 14.9. The molecule has 3 aromatic rings. The van der Waals surface area contributed by atoms with E-state index in [1.165, 1.54) is 0 Å². The van der Waals surface area contributed by atoms with Crippen LogP contribution in [0.1, 0.15) is 89.7 Å². The molecule has 0 fully saturated rings. The Bertz CT molecular complexity index is 1830. The molecule has 0 bridgehead atoms. The van der Waals surface area contributed by atoms with Gasteiger partial charge in [-0.2, -0.15) is 0 Å². The van der Waals surface area contributed by atoms with Crippen molar-refractivity contribution in [1.29, 1.82) is 0 Å². The third-order valence-electron chi connectivity index (χ3n) is 12.5. The molecule has 4 atom stereocenters. The van der Waals surface area contributed by atoms with E-state index in [4.69, 9.17) is 13.3 Å². The van der Waals surface area contributed by atoms with Gasteiger partial charge >= 0.3 is 0 Å². The van der Waals surface area contributed by atoms with Crippen LogP contribution in [-0.4, -0.2) is 37.3 Å². The number of ketones is 1. The number of Topliss-reactive ketones (excluding diaryl/α,β-unsaturated/α-hetero) is 1. The largest absolute Gasteiger partial charge is 0.544 e. The highest BCUT2D eigenvalue weighted by Crippen LogP contribution is 2.45. The molecule has 54 heavy (non-hydrogen) atoms. The smallest absolute Gasteiger partial charge is 0.250 e. The summed E-state index contributed by atoms with van der Waals surface area (Å²) in [5, 5.41) is 0.252. The van der Waals surface area contributed by atoms with Gasteiger partial charge in [0.1, 0.15) is 11.5 Å². The average Bonchev–Trinajstić information content (AvgIpc) is 3.05. The minimum absolute atomic E-state index is 0.0597. The van der Waals surface area contributed by atoms with Gasteiger partial charge in [-0.05, 0) is 108 Å². The summed E-state index contributed by atoms with van der Waals surface area (Å²) in [6.45, 7) is 34.4. The SMILES string of the molecule is CC(C)(C)[Si](C)(C)OC[C@H]1C=C[C@@H](c2ccc(O[Si](C)(C)C(C)(C)C)cc2)[C@@H](C(=O)c2ccc(Br)cc2)[C@@H]1C#Cc1ccc(O[Si](C)(C)C(C)(C)C)cc1. The van der Waals surface area contributed by atoms with Gasteiger partial charge in [-0.25, -0.2) is 0 Å². The van der Waals surface area contributed by atoms with Gasteiger partial charge in [0.15, 0.2) is 14.1 Å². The first-order chi connectivity index (χ1) is 24.7. The number of allylic oxidation sites excluding steroid dienone is 1. The first-order valence-corrected chi connectivity index (χ1v) is 29.0. The highest BCUT2D eigenvalue weighted by molar-refractivity contribution is 9.10. The molecule has 0 spiro atoms. The molecular formula is C46H65BrO4Si3. The fourth-order valence-electron chi connectivity index (χ4n) is 5.75. The fourth-order valence-corrected chi connectivity index (χ4v) is 9.12. The summed E-state index contributed by atoms with van der Waals surface area (Å²) in [5.41, 5.74) is 2.66. The van der Waals surface area contributed by atoms with E-state index in [0.29, 0.717) is 12.2 Å². The molecule has 0 N–H and O–H groups in total. The standard InChI is InChI=1S/C46H65BrO4Si3/c1-44(2,3)52(10,11)49-32-36-23-31-40(34-21-28-39(29-22-34)51-54(14,15)46(7,8)9)42(43(48)35-19-24-37(47)25-20-35)41(36)30-18-33-16-26-38(27-17-33)50-53(12,13)45(4,5)6/h16-17,19-29,31,36,40-42H,32H2,1-15H3/t36-,40+,41-,42-/m1/s1. The Labute approximate surface area is 339 Å². The van der Waals surface area contributed by atoms with Crippen molar-refractivity contribution in [3.63, 3.8) is 0 Å². The van der Waals surface area contributed by atoms with Crippen molar-refractivity contribution in [2.75, 3.05) is 6.61 Å². The van der Waals surface area contributed by atoms with Crippen molar-refractivity contribution >= 4 is 46.7 Å². The number of rotatable bonds is 10. The molecule has 0 unspecified atom stereocenters. The van der Waals surface area contributed by atoms with Crippen molar-refractivity contribution in [1.82, 2.24) is 0 Å². The van der Waals surface area contributed by atoms with E-state index < -0.39 is 30.9 Å². The number of carbonyl (C=O) groups is 1. The topological polar surface area (TPSA) is 44.8 Å². The van der Waals surface area contributed by atoms with E-state index in [0.717, 1.165) is 27.1 Å². The Morgan fingerprint density at radius 2 is 1.11 bits per heavy atom. The number of benzene rings is 3. The lowest BCUT2D eigenvalue weighted by Crippen LogP contribution is -2.44. The molecular weight excluding hydrogens is 781 g/mol. The maximum atomic E-state index is 14.9. The zero-order valence-electron chi connectivity index (χ0n) is 35.6. The molecule has 292 valence electrons. The number of halogens is 1. The molecule has 4 nitrogen and oxygen atoms in total. The molecule has 0 amide bonds. The zero-order valence-corrected chi connectivity index (χ0v) is 40.2. The summed E-state index contributed by atoms with van der Waals surface area (Å²) in [5.74, 6) is 8.08. The summed E-state index contributed by atoms with van der Waals surface area (Å²) in [7, 11) is -6.07. The van der Waals surface area contributed by atoms with Gasteiger partial charge < -0.3 is 13.3 Å². The van der Waals surface area contributed by atoms with Crippen LogP contribution in [0.15, 0.2) is 89.4 Å². The minimum Gasteiger partial charge on any atom is -0.544 e. The lowest BCUT2D eigenvalue weighted by molar-refractivity contribution is 0.0831. The Balaban J connectivity index is 1.80. The van der Waals surface area contributed by atoms with Crippen LogP contribution in [0.4, 0.5) is 0 Å². The number of hydrogen-bond acceptors (Lipinski definition) is 4. The second-order valence-electron chi connectivity index (χ2n) is 19.7. The van der Waals surface area contributed by atoms with Crippen LogP contribution in [0.5, 0.6) is 11.5 Å². The van der Waals surface area contributed by atoms with Crippen LogP contribution in [-0.2, 0) is 4.43 Å². The quantitative estimate of drug-likeness (QED) is 0.0882. The van der Waals surface area contributed by atoms with E-state index >= 15 is 0 Å². The van der Waals surface area contributed by atoms with Gasteiger partial charge in [-0.1, -0.05) is 127 Å². The predicted molar refractivity (Wildman–Crippen MR) is 239 cm³/mol. The van der Waals surface area contributed by atoms with Crippen LogP contribution in [0, 0.1) is 29.6 Å². The highest BCUT2D eigenvalue weighted by Gasteiger charge is 2.44. The molecule has 0 saturated heterocycles. The van der Waals surface area contributed by atoms with Crippen LogP contribution in [0.2, 0.25) is 54.4 Å². The summed E-state index contributed by atoms with van der Waals surface area (Å²) < 4.78 is 21.0. The van der Waals surface area contributed by atoms with Gasteiger partial charge in [0.05, 0.1) is 0 Å². The van der Waals surface area contributed by atoms with Gasteiger partial charge in [0.2, 0.25) is 16.6 Å². The Morgan fingerprint density at radius 1 is 0.648 bits per heavy atom. The molecule has 0 saturated carbocycles. The van der Waals surface area contributed by atoms with Gasteiger partial charge in [0.25, 0.3) is 0 Å². The number of carbonyl (C=O) groups excluding carboxylic acids is 1. The average molecular weight is 846 g/mol. The Hall–Kier alpha value is -2.68. The predicted octanol–water partition coefficient (Wildman–Crippen LogP) is 13.7. The lowest BCUT2D eigenvalue weighted by Gasteiger charge is -2.40. The zero-order chi connectivity index (χ0) is 40.5. The third kappa shape index (κ3) is 10.6. The fraction of sp³-hybridized carbons (Fsp3) is 0.500. The monoisotopic (exact) mass is 844 g/mol. The van der Waals surface area contributed by atoms with Crippen LogP contribution in [0.3, 0.4) is 0 Å². The van der Waals surface area contributed by atoms with Crippen molar-refractivity contribution in [2.24, 2.45) is 17.8 Å². The second kappa shape index (κ2) is 16.4. The van der Waals surface area contributed by atoms with Gasteiger partial charge in [-0.3, -0.25) is 4.79 Å². The van der Waals surface area contributed by atoms with Gasteiger partial charge in [-0.15, -0.1) is 0 Å². The summed E-state index contributed by atoms with van der Waals surface area (Å²) in [6, 6.07) is 24.3. The Kier molecular flexibility index (Phi) is 13.4. The summed E-state index contributed by atoms with van der Waals surface area (Å²) in [6.07, 6.45) is 4.49. The maximum Gasteiger partial charge on any atom is 0.250 e. The van der Waals surface area contributed by atoms with E-state index in [1.807, 2.05) is 48.5 Å². The summed E-state index contributed by atoms with van der Waals surface area (Å²) >= 11 is 3.56. The normalized spacial score (nSPS) is 19.9. The molecule has 1 aliphatic carbocycles. The summed E-state index contributed by atoms with van der Waals surface area (Å²) in [4.78, 5) is 14.9. The van der Waals surface area contributed by atoms with Crippen molar-refractivity contribution in [2.45, 2.75) is 123 Å². The molecule has 0 aliphatic heterocycles. The van der Waals surface area contributed by atoms with Gasteiger partial charge in [0, 0.05) is 45.9 Å². The first-order valence-electron chi connectivity index (χ1n) is 19.4. The van der Waals surface area contributed by atoms with E-state index in [-0.39, 0.29) is 38.7 Å². The van der Waals surface area contributed by atoms with Crippen LogP contribution >= 0.6 is 15.9 Å². The molecule has 3 aromatic carbocycles. The molecule has 4 rings (SSSR count). The van der Waals surface area contributed by atoms with E-state index in [1.54, 1.807) is 0 Å². The van der Waals surface area contributed by atoms with E-state index in [9.17, 15) is 4.79 Å². The first kappa shape index (κ1) is 44.0. The third-order valence-corrected chi connectivity index (χ3v) is 26.3. The second-order valence-corrected chi connectivity index (χ2v) is 34.8. The van der Waals surface area contributed by atoms with Crippen molar-refractivity contribution in [3.8, 4) is 23.3 Å². The highest BCUT2D eigenvalue weighted by atomic mass is 79.9. The van der Waals surface area contributed by atoms with E-state index in [2.05, 4.69) is 166 Å². The van der Waals surface area contributed by atoms with Crippen LogP contribution < -0.4 is 8.85 Å². The molecule has 1 aliphatic rings. The number of hydrogen-bond donors (Lipinski definition) is 0. The lowest BCUT2D eigenvalue weighted by atomic mass is 9.66. The molecule has 0 radical (unpaired) electrons. The Morgan fingerprint density at radius 3 is 1.57 bits per heavy atom. The molecule has 0 heterocycles. The van der Waals surface area contributed by atoms with Crippen molar-refractivity contribution < 1.29 is 18.1 Å². The molecule has 8 heteroatoms. The minimum atomic E-state index is -2.08. The van der Waals surface area contributed by atoms with Crippen LogP contribution in [0.25, 0.3) is 0 Å².